The van der Waals surface area contributed by atoms with Crippen LogP contribution in [0.1, 0.15) is 56.4 Å². The third kappa shape index (κ3) is 2.87. The van der Waals surface area contributed by atoms with Crippen LogP contribution < -0.4 is 0 Å². The quantitative estimate of drug-likeness (QED) is 0.593. The molecule has 0 bridgehead atoms. The molecule has 0 nitrogen and oxygen atoms in total. The molecule has 0 aliphatic heterocycles. The molecule has 23 heavy (non-hydrogen) atoms. The highest BCUT2D eigenvalue weighted by Crippen LogP contribution is 2.41. The lowest BCUT2D eigenvalue weighted by atomic mass is 9.88. The standard InChI is InChI=1S/C23H27/c1-5-16(4)20-14-19-13-12-18(7-3)23(22(19)15-20)21-11-9-8-10-17(21)6-2/h8-16H,5-7H2,1-4H3. The van der Waals surface area contributed by atoms with Crippen LogP contribution in [0.25, 0.3) is 17.2 Å². The molecule has 0 heterocycles. The Hall–Kier alpha value is -1.82. The monoisotopic (exact) mass is 303 g/mol. The van der Waals surface area contributed by atoms with Gasteiger partial charge >= 0.3 is 0 Å². The maximum absolute atomic E-state index is 2.43. The van der Waals surface area contributed by atoms with Gasteiger partial charge in [0.25, 0.3) is 0 Å². The Balaban J connectivity index is 2.21. The molecule has 1 unspecified atom stereocenters. The van der Waals surface area contributed by atoms with E-state index in [2.05, 4.69) is 76.6 Å². The smallest absolute Gasteiger partial charge is 0.0167 e. The summed E-state index contributed by atoms with van der Waals surface area (Å²) in [7, 11) is 0. The Morgan fingerprint density at radius 3 is 2.30 bits per heavy atom. The van der Waals surface area contributed by atoms with E-state index in [0.29, 0.717) is 5.92 Å². The number of hydrogen-bond donors (Lipinski definition) is 0. The molecule has 0 N–H and O–H groups in total. The highest BCUT2D eigenvalue weighted by Gasteiger charge is 2.22. The van der Waals surface area contributed by atoms with E-state index >= 15 is 0 Å². The van der Waals surface area contributed by atoms with Gasteiger partial charge in [0.1, 0.15) is 0 Å². The molecule has 1 aliphatic rings. The molecule has 0 aromatic heterocycles. The first kappa shape index (κ1) is 16.1. The summed E-state index contributed by atoms with van der Waals surface area (Å²) in [6.07, 6.45) is 8.17. The number of fused-ring (bicyclic) bond motifs is 1. The second kappa shape index (κ2) is 6.74. The average Bonchev–Trinajstić information content (AvgIpc) is 3.04. The van der Waals surface area contributed by atoms with Crippen LogP contribution in [0.15, 0.2) is 42.0 Å². The van der Waals surface area contributed by atoms with Crippen molar-refractivity contribution < 1.29 is 0 Å². The van der Waals surface area contributed by atoms with Crippen LogP contribution in [0.2, 0.25) is 0 Å². The SMILES string of the molecule is CCc1ccccc1-c1c(CC)ccc2c1C=C(C(C)CC)[CH]2. The second-order valence-corrected chi connectivity index (χ2v) is 6.56. The zero-order valence-corrected chi connectivity index (χ0v) is 14.8. The minimum atomic E-state index is 0.627. The van der Waals surface area contributed by atoms with E-state index in [1.54, 1.807) is 0 Å². The van der Waals surface area contributed by atoms with Crippen molar-refractivity contribution in [3.63, 3.8) is 0 Å². The van der Waals surface area contributed by atoms with Crippen molar-refractivity contribution in [1.29, 1.82) is 0 Å². The van der Waals surface area contributed by atoms with Crippen LogP contribution in [-0.4, -0.2) is 0 Å². The van der Waals surface area contributed by atoms with Crippen LogP contribution in [0, 0.1) is 12.3 Å². The van der Waals surface area contributed by atoms with Crippen LogP contribution in [0.3, 0.4) is 0 Å². The molecule has 0 saturated heterocycles. The molecule has 119 valence electrons. The van der Waals surface area contributed by atoms with Crippen molar-refractivity contribution in [2.75, 3.05) is 0 Å². The second-order valence-electron chi connectivity index (χ2n) is 6.56. The molecule has 1 atom stereocenters. The van der Waals surface area contributed by atoms with Gasteiger partial charge in [-0.2, -0.15) is 0 Å². The van der Waals surface area contributed by atoms with Gasteiger partial charge in [0, 0.05) is 6.42 Å². The largest absolute Gasteiger partial charge is 0.0648 e. The molecule has 1 aliphatic carbocycles. The predicted molar refractivity (Wildman–Crippen MR) is 101 cm³/mol. The van der Waals surface area contributed by atoms with Crippen molar-refractivity contribution >= 4 is 6.08 Å². The molecule has 2 aromatic carbocycles. The topological polar surface area (TPSA) is 0 Å². The van der Waals surface area contributed by atoms with Crippen LogP contribution >= 0.6 is 0 Å². The van der Waals surface area contributed by atoms with Gasteiger partial charge in [0.2, 0.25) is 0 Å². The van der Waals surface area contributed by atoms with Crippen LogP contribution in [0.5, 0.6) is 0 Å². The van der Waals surface area contributed by atoms with Crippen LogP contribution in [-0.2, 0) is 12.8 Å². The zero-order valence-electron chi connectivity index (χ0n) is 14.8. The average molecular weight is 303 g/mol. The van der Waals surface area contributed by atoms with Crippen LogP contribution in [0.4, 0.5) is 0 Å². The minimum absolute atomic E-state index is 0.627. The van der Waals surface area contributed by atoms with Crippen molar-refractivity contribution in [2.24, 2.45) is 5.92 Å². The predicted octanol–water partition coefficient (Wildman–Crippen LogP) is 6.47. The lowest BCUT2D eigenvalue weighted by Gasteiger charge is -2.16. The third-order valence-electron chi connectivity index (χ3n) is 5.23. The summed E-state index contributed by atoms with van der Waals surface area (Å²) in [5.41, 5.74) is 10.1. The molecule has 1 radical (unpaired) electrons. The van der Waals surface area contributed by atoms with Gasteiger partial charge in [-0.15, -0.1) is 0 Å². The molecular weight excluding hydrogens is 276 g/mol. The van der Waals surface area contributed by atoms with Crippen molar-refractivity contribution in [3.8, 4) is 11.1 Å². The zero-order chi connectivity index (χ0) is 16.4. The molecule has 3 rings (SSSR count). The Morgan fingerprint density at radius 2 is 1.61 bits per heavy atom. The van der Waals surface area contributed by atoms with E-state index in [1.165, 1.54) is 45.4 Å². The Labute approximate surface area is 141 Å². The summed E-state index contributed by atoms with van der Waals surface area (Å²) in [6.45, 7) is 9.11. The van der Waals surface area contributed by atoms with E-state index in [0.717, 1.165) is 12.8 Å². The van der Waals surface area contributed by atoms with Crippen molar-refractivity contribution in [3.05, 3.63) is 70.6 Å². The highest BCUT2D eigenvalue weighted by molar-refractivity contribution is 5.86. The summed E-state index contributed by atoms with van der Waals surface area (Å²) >= 11 is 0. The molecule has 0 fully saturated rings. The van der Waals surface area contributed by atoms with Crippen molar-refractivity contribution in [2.45, 2.75) is 47.0 Å². The molecule has 0 spiro atoms. The fourth-order valence-electron chi connectivity index (χ4n) is 3.56. The van der Waals surface area contributed by atoms with E-state index in [9.17, 15) is 0 Å². The normalized spacial score (nSPS) is 14.5. The molecule has 0 heteroatoms. The number of rotatable bonds is 5. The molecular formula is C23H27. The lowest BCUT2D eigenvalue weighted by Crippen LogP contribution is -1.97. The molecule has 0 saturated carbocycles. The summed E-state index contributed by atoms with van der Waals surface area (Å²) < 4.78 is 0. The lowest BCUT2D eigenvalue weighted by molar-refractivity contribution is 0.669. The number of hydrogen-bond acceptors (Lipinski definition) is 0. The molecule has 2 aromatic rings. The molecule has 0 amide bonds. The Kier molecular flexibility index (Phi) is 4.71. The first-order valence-electron chi connectivity index (χ1n) is 9.00. The summed E-state index contributed by atoms with van der Waals surface area (Å²) in [5, 5.41) is 0. The van der Waals surface area contributed by atoms with E-state index in [-0.39, 0.29) is 0 Å². The van der Waals surface area contributed by atoms with Gasteiger partial charge in [-0.05, 0) is 58.6 Å². The summed E-state index contributed by atoms with van der Waals surface area (Å²) in [4.78, 5) is 0. The van der Waals surface area contributed by atoms with Crippen molar-refractivity contribution in [1.82, 2.24) is 0 Å². The van der Waals surface area contributed by atoms with Gasteiger partial charge in [-0.25, -0.2) is 0 Å². The van der Waals surface area contributed by atoms with E-state index in [4.69, 9.17) is 0 Å². The van der Waals surface area contributed by atoms with E-state index in [1.807, 2.05) is 0 Å². The van der Waals surface area contributed by atoms with Gasteiger partial charge in [0.05, 0.1) is 0 Å². The summed E-state index contributed by atoms with van der Waals surface area (Å²) in [5.74, 6) is 0.627. The first-order chi connectivity index (χ1) is 11.2. The minimum Gasteiger partial charge on any atom is -0.0648 e. The first-order valence-corrected chi connectivity index (χ1v) is 9.00. The summed E-state index contributed by atoms with van der Waals surface area (Å²) in [6, 6.07) is 13.5. The Morgan fingerprint density at radius 1 is 0.870 bits per heavy atom. The van der Waals surface area contributed by atoms with Gasteiger partial charge in [-0.3, -0.25) is 0 Å². The number of benzene rings is 2. The maximum atomic E-state index is 2.43. The number of allylic oxidation sites excluding steroid dienone is 1. The van der Waals surface area contributed by atoms with Gasteiger partial charge < -0.3 is 0 Å². The third-order valence-corrected chi connectivity index (χ3v) is 5.23. The Bertz CT molecular complexity index is 734. The highest BCUT2D eigenvalue weighted by atomic mass is 14.3. The maximum Gasteiger partial charge on any atom is 0.0167 e. The fourth-order valence-corrected chi connectivity index (χ4v) is 3.56. The number of aryl methyl sites for hydroxylation is 2. The van der Waals surface area contributed by atoms with Gasteiger partial charge in [0.15, 0.2) is 0 Å². The van der Waals surface area contributed by atoms with Gasteiger partial charge in [-0.1, -0.05) is 75.7 Å². The van der Waals surface area contributed by atoms with E-state index < -0.39 is 0 Å². The fraction of sp³-hybridized carbons (Fsp3) is 0.348.